The molecule has 0 bridgehead atoms. The van der Waals surface area contributed by atoms with E-state index in [1.807, 2.05) is 0 Å². The quantitative estimate of drug-likeness (QED) is 0.615. The molecule has 14 heavy (non-hydrogen) atoms. The van der Waals surface area contributed by atoms with Crippen LogP contribution in [0.5, 0.6) is 0 Å². The summed E-state index contributed by atoms with van der Waals surface area (Å²) in [5.74, 6) is -1.91. The molecule has 1 unspecified atom stereocenters. The van der Waals surface area contributed by atoms with Crippen molar-refractivity contribution in [1.29, 1.82) is 0 Å². The van der Waals surface area contributed by atoms with E-state index in [0.29, 0.717) is 0 Å². The highest BCUT2D eigenvalue weighted by Crippen LogP contribution is 2.49. The molecule has 0 aromatic heterocycles. The third-order valence-corrected chi connectivity index (χ3v) is 2.45. The molecule has 1 fully saturated rings. The number of ether oxygens (including phenoxy) is 1. The van der Waals surface area contributed by atoms with Crippen LogP contribution in [0.2, 0.25) is 0 Å². The van der Waals surface area contributed by atoms with Crippen molar-refractivity contribution in [2.24, 2.45) is 5.41 Å². The SMILES string of the molecule is COC(=O)C1(C(F)(F)F)CCC(=O)C1. The number of carbonyl (C=O) groups excluding carboxylic acids is 2. The molecule has 0 amide bonds. The molecule has 0 N–H and O–H groups in total. The molecule has 1 aliphatic carbocycles. The fourth-order valence-electron chi connectivity index (χ4n) is 1.59. The Morgan fingerprint density at radius 1 is 1.50 bits per heavy atom. The molecule has 0 heterocycles. The van der Waals surface area contributed by atoms with Crippen LogP contribution in [0.4, 0.5) is 13.2 Å². The summed E-state index contributed by atoms with van der Waals surface area (Å²) in [5.41, 5.74) is -2.60. The molecule has 1 aliphatic rings. The zero-order valence-corrected chi connectivity index (χ0v) is 7.48. The number of hydrogen-bond donors (Lipinski definition) is 0. The van der Waals surface area contributed by atoms with E-state index < -0.39 is 36.2 Å². The normalized spacial score (nSPS) is 27.9. The first kappa shape index (κ1) is 11.0. The van der Waals surface area contributed by atoms with Crippen molar-refractivity contribution in [3.8, 4) is 0 Å². The molecule has 0 aromatic carbocycles. The molecule has 0 radical (unpaired) electrons. The summed E-state index contributed by atoms with van der Waals surface area (Å²) >= 11 is 0. The lowest BCUT2D eigenvalue weighted by molar-refractivity contribution is -0.231. The second-order valence-corrected chi connectivity index (χ2v) is 3.29. The minimum absolute atomic E-state index is 0.214. The van der Waals surface area contributed by atoms with Gasteiger partial charge in [0, 0.05) is 12.8 Å². The molecule has 0 saturated heterocycles. The molecule has 1 saturated carbocycles. The maximum absolute atomic E-state index is 12.6. The van der Waals surface area contributed by atoms with Crippen molar-refractivity contribution in [3.63, 3.8) is 0 Å². The van der Waals surface area contributed by atoms with Crippen molar-refractivity contribution in [3.05, 3.63) is 0 Å². The number of halogens is 3. The zero-order chi connectivity index (χ0) is 11.0. The Bertz CT molecular complexity index is 271. The van der Waals surface area contributed by atoms with Gasteiger partial charge < -0.3 is 4.74 Å². The van der Waals surface area contributed by atoms with Crippen LogP contribution in [0.3, 0.4) is 0 Å². The van der Waals surface area contributed by atoms with Gasteiger partial charge in [0.1, 0.15) is 5.78 Å². The van der Waals surface area contributed by atoms with Crippen LogP contribution in [-0.4, -0.2) is 25.0 Å². The topological polar surface area (TPSA) is 43.4 Å². The summed E-state index contributed by atoms with van der Waals surface area (Å²) in [5, 5.41) is 0. The van der Waals surface area contributed by atoms with E-state index in [0.717, 1.165) is 7.11 Å². The summed E-state index contributed by atoms with van der Waals surface area (Å²) in [6.45, 7) is 0. The van der Waals surface area contributed by atoms with Gasteiger partial charge in [-0.3, -0.25) is 9.59 Å². The van der Waals surface area contributed by atoms with Gasteiger partial charge in [0.05, 0.1) is 7.11 Å². The van der Waals surface area contributed by atoms with E-state index in [-0.39, 0.29) is 6.42 Å². The summed E-state index contributed by atoms with van der Waals surface area (Å²) in [7, 11) is 0.888. The lowest BCUT2D eigenvalue weighted by atomic mass is 9.85. The molecular formula is C8H9F3O3. The third-order valence-electron chi connectivity index (χ3n) is 2.45. The largest absolute Gasteiger partial charge is 0.468 e. The number of alkyl halides is 3. The van der Waals surface area contributed by atoms with Gasteiger partial charge in [0.25, 0.3) is 0 Å². The smallest absolute Gasteiger partial charge is 0.405 e. The zero-order valence-electron chi connectivity index (χ0n) is 7.48. The Kier molecular flexibility index (Phi) is 2.56. The Balaban J connectivity index is 3.04. The van der Waals surface area contributed by atoms with Crippen LogP contribution in [0, 0.1) is 5.41 Å². The van der Waals surface area contributed by atoms with Crippen molar-refractivity contribution >= 4 is 11.8 Å². The minimum atomic E-state index is -4.72. The molecule has 3 nitrogen and oxygen atoms in total. The minimum Gasteiger partial charge on any atom is -0.468 e. The van der Waals surface area contributed by atoms with Crippen molar-refractivity contribution in [1.82, 2.24) is 0 Å². The van der Waals surface area contributed by atoms with Gasteiger partial charge in [-0.05, 0) is 6.42 Å². The molecule has 6 heteroatoms. The molecular weight excluding hydrogens is 201 g/mol. The highest BCUT2D eigenvalue weighted by molar-refractivity contribution is 5.91. The van der Waals surface area contributed by atoms with Gasteiger partial charge in [0.15, 0.2) is 5.41 Å². The van der Waals surface area contributed by atoms with Gasteiger partial charge in [-0.2, -0.15) is 13.2 Å². The Labute approximate surface area is 78.2 Å². The highest BCUT2D eigenvalue weighted by Gasteiger charge is 2.64. The average Bonchev–Trinajstić information content (AvgIpc) is 2.46. The number of ketones is 1. The number of rotatable bonds is 1. The second-order valence-electron chi connectivity index (χ2n) is 3.29. The lowest BCUT2D eigenvalue weighted by Crippen LogP contribution is -2.43. The Morgan fingerprint density at radius 3 is 2.36 bits per heavy atom. The number of carbonyl (C=O) groups is 2. The Morgan fingerprint density at radius 2 is 2.07 bits per heavy atom. The first-order chi connectivity index (χ1) is 6.33. The molecule has 0 aliphatic heterocycles. The molecule has 0 aromatic rings. The molecule has 1 rings (SSSR count). The van der Waals surface area contributed by atoms with E-state index in [2.05, 4.69) is 4.74 Å². The monoisotopic (exact) mass is 210 g/mol. The predicted octanol–water partition coefficient (Wildman–Crippen LogP) is 1.46. The van der Waals surface area contributed by atoms with Gasteiger partial charge in [-0.1, -0.05) is 0 Å². The maximum Gasteiger partial charge on any atom is 0.405 e. The van der Waals surface area contributed by atoms with Crippen LogP contribution >= 0.6 is 0 Å². The highest BCUT2D eigenvalue weighted by atomic mass is 19.4. The van der Waals surface area contributed by atoms with Crippen LogP contribution in [0.1, 0.15) is 19.3 Å². The number of hydrogen-bond acceptors (Lipinski definition) is 3. The van der Waals surface area contributed by atoms with E-state index in [1.165, 1.54) is 0 Å². The van der Waals surface area contributed by atoms with Crippen LogP contribution in [0.25, 0.3) is 0 Å². The number of esters is 1. The first-order valence-corrected chi connectivity index (χ1v) is 4.00. The van der Waals surface area contributed by atoms with Gasteiger partial charge >= 0.3 is 12.1 Å². The van der Waals surface area contributed by atoms with Crippen molar-refractivity contribution < 1.29 is 27.5 Å². The lowest BCUT2D eigenvalue weighted by Gasteiger charge is -2.27. The van der Waals surface area contributed by atoms with E-state index >= 15 is 0 Å². The average molecular weight is 210 g/mol. The first-order valence-electron chi connectivity index (χ1n) is 4.00. The third kappa shape index (κ3) is 1.49. The van der Waals surface area contributed by atoms with Crippen molar-refractivity contribution in [2.75, 3.05) is 7.11 Å². The van der Waals surface area contributed by atoms with E-state index in [9.17, 15) is 22.8 Å². The van der Waals surface area contributed by atoms with Gasteiger partial charge in [-0.25, -0.2) is 0 Å². The summed E-state index contributed by atoms with van der Waals surface area (Å²) < 4.78 is 41.8. The predicted molar refractivity (Wildman–Crippen MR) is 39.4 cm³/mol. The summed E-state index contributed by atoms with van der Waals surface area (Å²) in [4.78, 5) is 21.9. The van der Waals surface area contributed by atoms with Crippen LogP contribution < -0.4 is 0 Å². The van der Waals surface area contributed by atoms with Crippen LogP contribution in [-0.2, 0) is 14.3 Å². The fourth-order valence-corrected chi connectivity index (χ4v) is 1.59. The Hall–Kier alpha value is -1.07. The van der Waals surface area contributed by atoms with E-state index in [4.69, 9.17) is 0 Å². The second kappa shape index (κ2) is 3.25. The number of methoxy groups -OCH3 is 1. The fraction of sp³-hybridized carbons (Fsp3) is 0.750. The molecule has 1 atom stereocenters. The summed E-state index contributed by atoms with van der Waals surface area (Å²) in [6.07, 6.45) is -6.22. The standard InChI is InChI=1S/C8H9F3O3/c1-14-6(13)7(8(9,10)11)3-2-5(12)4-7/h2-4H2,1H3. The molecule has 0 spiro atoms. The number of Topliss-reactive ketones (excluding diaryl/α,β-unsaturated/α-hetero) is 1. The van der Waals surface area contributed by atoms with Crippen molar-refractivity contribution in [2.45, 2.75) is 25.4 Å². The molecule has 80 valence electrons. The van der Waals surface area contributed by atoms with Crippen LogP contribution in [0.15, 0.2) is 0 Å². The van der Waals surface area contributed by atoms with Gasteiger partial charge in [0.2, 0.25) is 0 Å². The van der Waals surface area contributed by atoms with E-state index in [1.54, 1.807) is 0 Å². The maximum atomic E-state index is 12.6. The van der Waals surface area contributed by atoms with Gasteiger partial charge in [-0.15, -0.1) is 0 Å². The summed E-state index contributed by atoms with van der Waals surface area (Å²) in [6, 6.07) is 0.